The zero-order valence-corrected chi connectivity index (χ0v) is 12.6. The molecule has 20 heavy (non-hydrogen) atoms. The summed E-state index contributed by atoms with van der Waals surface area (Å²) in [5, 5.41) is 13.3. The van der Waals surface area contributed by atoms with Crippen molar-refractivity contribution in [3.8, 4) is 0 Å². The average Bonchev–Trinajstić information content (AvgIpc) is 2.26. The number of benzene rings is 1. The predicted octanol–water partition coefficient (Wildman–Crippen LogP) is 2.51. The zero-order chi connectivity index (χ0) is 15.7. The summed E-state index contributed by atoms with van der Waals surface area (Å²) in [4.78, 5) is 21.6. The van der Waals surface area contributed by atoms with Crippen LogP contribution < -0.4 is 5.32 Å². The quantitative estimate of drug-likeness (QED) is 0.523. The number of nitro groups is 1. The maximum atomic E-state index is 11.8. The lowest BCUT2D eigenvalue weighted by Crippen LogP contribution is -2.27. The van der Waals surface area contributed by atoms with Crippen molar-refractivity contribution < 1.29 is 18.1 Å². The lowest BCUT2D eigenvalue weighted by molar-refractivity contribution is -0.384. The third kappa shape index (κ3) is 3.91. The van der Waals surface area contributed by atoms with E-state index in [0.29, 0.717) is 0 Å². The molecule has 0 radical (unpaired) electrons. The summed E-state index contributed by atoms with van der Waals surface area (Å²) >= 11 is 0. The molecular formula is C11H13ClN2O5S. The summed E-state index contributed by atoms with van der Waals surface area (Å²) in [7, 11) is 1.05. The van der Waals surface area contributed by atoms with Gasteiger partial charge < -0.3 is 5.32 Å². The molecule has 0 saturated carbocycles. The van der Waals surface area contributed by atoms with Crippen LogP contribution in [0.15, 0.2) is 23.1 Å². The summed E-state index contributed by atoms with van der Waals surface area (Å²) in [5.74, 6) is -0.429. The Bertz CT molecular complexity index is 664. The molecule has 1 amide bonds. The fourth-order valence-corrected chi connectivity index (χ4v) is 2.00. The van der Waals surface area contributed by atoms with Gasteiger partial charge in [0.1, 0.15) is 5.69 Å². The second-order valence-electron chi connectivity index (χ2n) is 5.08. The van der Waals surface area contributed by atoms with Gasteiger partial charge in [-0.3, -0.25) is 14.9 Å². The van der Waals surface area contributed by atoms with E-state index in [1.165, 1.54) is 0 Å². The molecule has 0 atom stereocenters. The van der Waals surface area contributed by atoms with Crippen LogP contribution in [0, 0.1) is 15.5 Å². The summed E-state index contributed by atoms with van der Waals surface area (Å²) in [6.07, 6.45) is 0. The minimum absolute atomic E-state index is 0.0843. The molecule has 0 unspecified atom stereocenters. The van der Waals surface area contributed by atoms with Crippen molar-refractivity contribution in [2.45, 2.75) is 25.7 Å². The Morgan fingerprint density at radius 2 is 1.90 bits per heavy atom. The molecule has 0 aliphatic heterocycles. The van der Waals surface area contributed by atoms with Crippen molar-refractivity contribution in [1.82, 2.24) is 0 Å². The molecule has 1 rings (SSSR count). The highest BCUT2D eigenvalue weighted by molar-refractivity contribution is 8.13. The van der Waals surface area contributed by atoms with Gasteiger partial charge in [-0.1, -0.05) is 20.8 Å². The molecule has 0 fully saturated rings. The van der Waals surface area contributed by atoms with Crippen molar-refractivity contribution >= 4 is 37.0 Å². The van der Waals surface area contributed by atoms with E-state index >= 15 is 0 Å². The summed E-state index contributed by atoms with van der Waals surface area (Å²) in [6, 6.07) is 3.03. The fourth-order valence-electron chi connectivity index (χ4n) is 1.23. The van der Waals surface area contributed by atoms with Crippen molar-refractivity contribution in [2.24, 2.45) is 5.41 Å². The molecule has 0 heterocycles. The van der Waals surface area contributed by atoms with E-state index in [9.17, 15) is 23.3 Å². The number of carbonyl (C=O) groups is 1. The molecular weight excluding hydrogens is 308 g/mol. The van der Waals surface area contributed by atoms with E-state index in [1.807, 2.05) is 0 Å². The number of nitrogens with zero attached hydrogens (tertiary/aromatic N) is 1. The van der Waals surface area contributed by atoms with Crippen molar-refractivity contribution in [2.75, 3.05) is 5.32 Å². The van der Waals surface area contributed by atoms with Crippen LogP contribution in [0.1, 0.15) is 20.8 Å². The maximum Gasteiger partial charge on any atom is 0.294 e. The minimum Gasteiger partial charge on any atom is -0.320 e. The van der Waals surface area contributed by atoms with Gasteiger partial charge in [-0.25, -0.2) is 8.42 Å². The fraction of sp³-hybridized carbons (Fsp3) is 0.364. The molecule has 0 saturated heterocycles. The molecule has 0 aliphatic carbocycles. The van der Waals surface area contributed by atoms with E-state index in [0.717, 1.165) is 18.2 Å². The topological polar surface area (TPSA) is 106 Å². The molecule has 1 N–H and O–H groups in total. The monoisotopic (exact) mass is 320 g/mol. The minimum atomic E-state index is -4.08. The van der Waals surface area contributed by atoms with Gasteiger partial charge in [0, 0.05) is 22.2 Å². The van der Waals surface area contributed by atoms with Crippen molar-refractivity contribution in [3.63, 3.8) is 0 Å². The molecule has 0 aromatic heterocycles. The molecule has 0 aliphatic rings. The Hall–Kier alpha value is -1.67. The highest BCUT2D eigenvalue weighted by Crippen LogP contribution is 2.30. The number of halogens is 1. The van der Waals surface area contributed by atoms with E-state index in [4.69, 9.17) is 10.7 Å². The number of nitrogens with one attached hydrogen (secondary N) is 1. The van der Waals surface area contributed by atoms with Gasteiger partial charge in [0.05, 0.1) is 9.82 Å². The van der Waals surface area contributed by atoms with E-state index < -0.39 is 35.9 Å². The highest BCUT2D eigenvalue weighted by atomic mass is 35.7. The molecule has 1 aromatic rings. The first kappa shape index (κ1) is 16.4. The number of carbonyl (C=O) groups excluding carboxylic acids is 1. The lowest BCUT2D eigenvalue weighted by Gasteiger charge is -2.17. The van der Waals surface area contributed by atoms with Gasteiger partial charge in [0.15, 0.2) is 0 Å². The number of rotatable bonds is 3. The Kier molecular flexibility index (Phi) is 4.40. The molecule has 1 aromatic carbocycles. The van der Waals surface area contributed by atoms with Crippen LogP contribution in [-0.2, 0) is 13.8 Å². The van der Waals surface area contributed by atoms with Crippen LogP contribution in [0.5, 0.6) is 0 Å². The largest absolute Gasteiger partial charge is 0.320 e. The highest BCUT2D eigenvalue weighted by Gasteiger charge is 2.26. The Morgan fingerprint density at radius 3 is 2.30 bits per heavy atom. The van der Waals surface area contributed by atoms with Crippen LogP contribution in [-0.4, -0.2) is 19.2 Å². The maximum absolute atomic E-state index is 11.8. The Balaban J connectivity index is 3.29. The second-order valence-corrected chi connectivity index (χ2v) is 7.64. The normalized spacial score (nSPS) is 12.0. The summed E-state index contributed by atoms with van der Waals surface area (Å²) in [5.41, 5.74) is -1.37. The summed E-state index contributed by atoms with van der Waals surface area (Å²) < 4.78 is 22.3. The number of amides is 1. The molecule has 9 heteroatoms. The molecule has 7 nitrogen and oxygen atoms in total. The van der Waals surface area contributed by atoms with E-state index in [2.05, 4.69) is 5.32 Å². The third-order valence-electron chi connectivity index (χ3n) is 2.38. The standard InChI is InChI=1S/C11H13ClN2O5S/c1-11(2,3)10(15)13-8-5-4-7(20(12,18)19)6-9(8)14(16)17/h4-6H,1-3H3,(H,13,15). The van der Waals surface area contributed by atoms with Gasteiger partial charge in [-0.15, -0.1) is 0 Å². The number of anilines is 1. The summed E-state index contributed by atoms with van der Waals surface area (Å²) in [6.45, 7) is 4.93. The molecule has 0 bridgehead atoms. The lowest BCUT2D eigenvalue weighted by atomic mass is 9.95. The van der Waals surface area contributed by atoms with Crippen molar-refractivity contribution in [1.29, 1.82) is 0 Å². The van der Waals surface area contributed by atoms with Crippen molar-refractivity contribution in [3.05, 3.63) is 28.3 Å². The van der Waals surface area contributed by atoms with Crippen LogP contribution in [0.2, 0.25) is 0 Å². The van der Waals surface area contributed by atoms with Gasteiger partial charge in [-0.05, 0) is 12.1 Å². The first-order valence-corrected chi connectivity index (χ1v) is 7.78. The SMILES string of the molecule is CC(C)(C)C(=O)Nc1ccc(S(=O)(=O)Cl)cc1[N+](=O)[O-]. The number of hydrogen-bond acceptors (Lipinski definition) is 5. The second kappa shape index (κ2) is 5.37. The average molecular weight is 321 g/mol. The Morgan fingerprint density at radius 1 is 1.35 bits per heavy atom. The predicted molar refractivity (Wildman–Crippen MR) is 74.2 cm³/mol. The first-order chi connectivity index (χ1) is 8.93. The van der Waals surface area contributed by atoms with Crippen LogP contribution in [0.4, 0.5) is 11.4 Å². The number of nitro benzene ring substituents is 1. The van der Waals surface area contributed by atoms with Crippen LogP contribution >= 0.6 is 10.7 Å². The third-order valence-corrected chi connectivity index (χ3v) is 3.73. The smallest absolute Gasteiger partial charge is 0.294 e. The first-order valence-electron chi connectivity index (χ1n) is 5.47. The van der Waals surface area contributed by atoms with Gasteiger partial charge in [0.2, 0.25) is 5.91 Å². The van der Waals surface area contributed by atoms with Crippen LogP contribution in [0.3, 0.4) is 0 Å². The van der Waals surface area contributed by atoms with Gasteiger partial charge in [-0.2, -0.15) is 0 Å². The Labute approximate surface area is 120 Å². The van der Waals surface area contributed by atoms with Crippen LogP contribution in [0.25, 0.3) is 0 Å². The molecule has 0 spiro atoms. The molecule has 110 valence electrons. The van der Waals surface area contributed by atoms with E-state index in [1.54, 1.807) is 20.8 Å². The number of hydrogen-bond donors (Lipinski definition) is 1. The van der Waals surface area contributed by atoms with Gasteiger partial charge >= 0.3 is 0 Å². The van der Waals surface area contributed by atoms with Gasteiger partial charge in [0.25, 0.3) is 14.7 Å². The zero-order valence-electron chi connectivity index (χ0n) is 11.0. The van der Waals surface area contributed by atoms with E-state index in [-0.39, 0.29) is 5.69 Å².